The van der Waals surface area contributed by atoms with Crippen molar-refractivity contribution in [3.05, 3.63) is 29.8 Å². The van der Waals surface area contributed by atoms with E-state index in [2.05, 4.69) is 0 Å². The van der Waals surface area contributed by atoms with Gasteiger partial charge in [-0.1, -0.05) is 0 Å². The first kappa shape index (κ1) is 16.9. The second-order valence-corrected chi connectivity index (χ2v) is 7.67. The highest BCUT2D eigenvalue weighted by molar-refractivity contribution is 5.94. The monoisotopic (exact) mass is 345 g/mol. The molecule has 5 nitrogen and oxygen atoms in total. The normalized spacial score (nSPS) is 28.7. The fourth-order valence-corrected chi connectivity index (χ4v) is 4.06. The summed E-state index contributed by atoms with van der Waals surface area (Å²) in [6.45, 7) is 3.83. The van der Waals surface area contributed by atoms with E-state index in [0.29, 0.717) is 12.2 Å². The molecule has 0 unspecified atom stereocenters. The Labute approximate surface area is 149 Å². The molecule has 3 aliphatic rings. The van der Waals surface area contributed by atoms with Gasteiger partial charge in [-0.05, 0) is 55.9 Å². The van der Waals surface area contributed by atoms with E-state index in [0.717, 1.165) is 50.8 Å². The number of rotatable bonds is 6. The van der Waals surface area contributed by atoms with Crippen LogP contribution in [0.4, 0.5) is 0 Å². The summed E-state index contributed by atoms with van der Waals surface area (Å²) in [5.74, 6) is 1.62. The Bertz CT molecular complexity index is 613. The summed E-state index contributed by atoms with van der Waals surface area (Å²) in [6.07, 6.45) is 4.71. The number of benzene rings is 1. The van der Waals surface area contributed by atoms with Crippen molar-refractivity contribution >= 4 is 5.91 Å². The minimum Gasteiger partial charge on any atom is -0.497 e. The van der Waals surface area contributed by atoms with Crippen LogP contribution in [0.1, 0.15) is 36.0 Å². The molecule has 136 valence electrons. The quantitative estimate of drug-likeness (QED) is 0.795. The third kappa shape index (κ3) is 3.53. The number of hydrogen-bond acceptors (Lipinski definition) is 4. The lowest BCUT2D eigenvalue weighted by atomic mass is 9.77. The second-order valence-electron chi connectivity index (χ2n) is 7.67. The lowest BCUT2D eigenvalue weighted by Crippen LogP contribution is -2.53. The number of carbonyl (C=O) groups is 1. The number of piperidine rings is 1. The molecule has 4 rings (SSSR count). The van der Waals surface area contributed by atoms with Crippen molar-refractivity contribution in [3.8, 4) is 5.75 Å². The maximum absolute atomic E-state index is 12.9. The highest BCUT2D eigenvalue weighted by Crippen LogP contribution is 2.42. The van der Waals surface area contributed by atoms with E-state index in [1.165, 1.54) is 12.8 Å². The Morgan fingerprint density at radius 1 is 1.28 bits per heavy atom. The molecule has 1 aromatic rings. The zero-order valence-electron chi connectivity index (χ0n) is 14.9. The summed E-state index contributed by atoms with van der Waals surface area (Å²) in [7, 11) is 1.63. The number of likely N-dealkylation sites (tertiary alicyclic amines) is 1. The maximum atomic E-state index is 12.9. The molecule has 0 aromatic heterocycles. The number of amides is 1. The molecule has 0 radical (unpaired) electrons. The summed E-state index contributed by atoms with van der Waals surface area (Å²) in [5.41, 5.74) is 0.683. The van der Waals surface area contributed by atoms with Crippen LogP contribution in [0.5, 0.6) is 5.75 Å². The highest BCUT2D eigenvalue weighted by Gasteiger charge is 2.49. The third-order valence-corrected chi connectivity index (χ3v) is 5.83. The van der Waals surface area contributed by atoms with Gasteiger partial charge in [0.15, 0.2) is 0 Å². The van der Waals surface area contributed by atoms with Crippen LogP contribution in [0.15, 0.2) is 24.3 Å². The van der Waals surface area contributed by atoms with Gasteiger partial charge in [-0.2, -0.15) is 0 Å². The zero-order chi connectivity index (χ0) is 17.3. The van der Waals surface area contributed by atoms with Crippen molar-refractivity contribution in [2.45, 2.75) is 31.8 Å². The van der Waals surface area contributed by atoms with Crippen molar-refractivity contribution in [1.82, 2.24) is 4.90 Å². The number of ether oxygens (including phenoxy) is 3. The average molecular weight is 345 g/mol. The molecule has 2 heterocycles. The predicted octanol–water partition coefficient (Wildman–Crippen LogP) is 2.74. The molecular formula is C20H27NO4. The van der Waals surface area contributed by atoms with Crippen LogP contribution in [0.2, 0.25) is 0 Å². The molecule has 0 spiro atoms. The molecule has 1 saturated carbocycles. The van der Waals surface area contributed by atoms with Gasteiger partial charge in [0.05, 0.1) is 19.8 Å². The molecular weight excluding hydrogens is 318 g/mol. The SMILES string of the molecule is COc1ccc(C(=O)N2CC[C@H]3OCC[C@@]3(COCC3CC3)C2)cc1. The van der Waals surface area contributed by atoms with Crippen LogP contribution in [0, 0.1) is 11.3 Å². The Balaban J connectivity index is 1.43. The van der Waals surface area contributed by atoms with Crippen molar-refractivity contribution in [1.29, 1.82) is 0 Å². The van der Waals surface area contributed by atoms with Crippen molar-refractivity contribution in [2.75, 3.05) is 40.0 Å². The summed E-state index contributed by atoms with van der Waals surface area (Å²) in [5, 5.41) is 0. The van der Waals surface area contributed by atoms with Crippen LogP contribution in [-0.2, 0) is 9.47 Å². The molecule has 1 aromatic carbocycles. The van der Waals surface area contributed by atoms with E-state index in [9.17, 15) is 4.79 Å². The Hall–Kier alpha value is -1.59. The first-order valence-corrected chi connectivity index (χ1v) is 9.33. The van der Waals surface area contributed by atoms with Gasteiger partial charge in [-0.15, -0.1) is 0 Å². The standard InChI is InChI=1S/C20H27NO4/c1-23-17-6-4-16(5-7-17)19(22)21-10-8-18-20(13-21,9-11-25-18)14-24-12-15-2-3-15/h4-7,15,18H,2-3,8-14H2,1H3/t18-,20+/m1/s1. The van der Waals surface area contributed by atoms with Gasteiger partial charge >= 0.3 is 0 Å². The minimum absolute atomic E-state index is 0.0325. The number of hydrogen-bond donors (Lipinski definition) is 0. The molecule has 0 N–H and O–H groups in total. The zero-order valence-corrected chi connectivity index (χ0v) is 14.9. The lowest BCUT2D eigenvalue weighted by molar-refractivity contribution is -0.0580. The first-order valence-electron chi connectivity index (χ1n) is 9.33. The summed E-state index contributed by atoms with van der Waals surface area (Å²) in [6, 6.07) is 7.36. The van der Waals surface area contributed by atoms with Crippen molar-refractivity contribution < 1.29 is 19.0 Å². The van der Waals surface area contributed by atoms with Gasteiger partial charge < -0.3 is 19.1 Å². The van der Waals surface area contributed by atoms with E-state index in [1.807, 2.05) is 29.2 Å². The van der Waals surface area contributed by atoms with Gasteiger partial charge in [0, 0.05) is 37.3 Å². The fraction of sp³-hybridized carbons (Fsp3) is 0.650. The molecule has 0 bridgehead atoms. The van der Waals surface area contributed by atoms with Gasteiger partial charge in [-0.25, -0.2) is 0 Å². The van der Waals surface area contributed by atoms with Crippen LogP contribution >= 0.6 is 0 Å². The Morgan fingerprint density at radius 3 is 2.80 bits per heavy atom. The molecule has 1 aliphatic carbocycles. The summed E-state index contributed by atoms with van der Waals surface area (Å²) < 4.78 is 17.2. The number of methoxy groups -OCH3 is 1. The topological polar surface area (TPSA) is 48.0 Å². The molecule has 3 fully saturated rings. The van der Waals surface area contributed by atoms with Gasteiger partial charge in [0.25, 0.3) is 5.91 Å². The van der Waals surface area contributed by atoms with Crippen LogP contribution < -0.4 is 4.74 Å². The highest BCUT2D eigenvalue weighted by atomic mass is 16.5. The molecule has 5 heteroatoms. The molecule has 2 saturated heterocycles. The van der Waals surface area contributed by atoms with E-state index in [1.54, 1.807) is 7.11 Å². The van der Waals surface area contributed by atoms with Crippen molar-refractivity contribution in [2.24, 2.45) is 11.3 Å². The predicted molar refractivity (Wildman–Crippen MR) is 93.8 cm³/mol. The van der Waals surface area contributed by atoms with Crippen LogP contribution in [0.25, 0.3) is 0 Å². The first-order chi connectivity index (χ1) is 12.2. The van der Waals surface area contributed by atoms with Crippen LogP contribution in [0.3, 0.4) is 0 Å². The van der Waals surface area contributed by atoms with Crippen LogP contribution in [-0.4, -0.2) is 56.9 Å². The molecule has 2 atom stereocenters. The van der Waals surface area contributed by atoms with Crippen molar-refractivity contribution in [3.63, 3.8) is 0 Å². The molecule has 25 heavy (non-hydrogen) atoms. The fourth-order valence-electron chi connectivity index (χ4n) is 4.06. The number of nitrogens with zero attached hydrogens (tertiary/aromatic N) is 1. The lowest BCUT2D eigenvalue weighted by Gasteiger charge is -2.43. The smallest absolute Gasteiger partial charge is 0.253 e. The average Bonchev–Trinajstić information content (AvgIpc) is 3.38. The molecule has 1 amide bonds. The Morgan fingerprint density at radius 2 is 2.08 bits per heavy atom. The summed E-state index contributed by atoms with van der Waals surface area (Å²) in [4.78, 5) is 14.9. The van der Waals surface area contributed by atoms with Gasteiger partial charge in [-0.3, -0.25) is 4.79 Å². The number of fused-ring (bicyclic) bond motifs is 1. The van der Waals surface area contributed by atoms with Gasteiger partial charge in [0.1, 0.15) is 5.75 Å². The van der Waals surface area contributed by atoms with E-state index in [-0.39, 0.29) is 17.4 Å². The minimum atomic E-state index is -0.0325. The molecule has 2 aliphatic heterocycles. The van der Waals surface area contributed by atoms with E-state index in [4.69, 9.17) is 14.2 Å². The maximum Gasteiger partial charge on any atom is 0.253 e. The van der Waals surface area contributed by atoms with Gasteiger partial charge in [0.2, 0.25) is 0 Å². The third-order valence-electron chi connectivity index (χ3n) is 5.83. The van der Waals surface area contributed by atoms with E-state index >= 15 is 0 Å². The second kappa shape index (κ2) is 6.96. The summed E-state index contributed by atoms with van der Waals surface area (Å²) >= 11 is 0. The largest absolute Gasteiger partial charge is 0.497 e. The number of carbonyl (C=O) groups excluding carboxylic acids is 1. The Kier molecular flexibility index (Phi) is 4.69. The van der Waals surface area contributed by atoms with E-state index < -0.39 is 0 Å².